The molecule has 1 aliphatic carbocycles. The molecule has 0 aliphatic heterocycles. The molecule has 5 heteroatoms. The van der Waals surface area contributed by atoms with Gasteiger partial charge in [0.15, 0.2) is 0 Å². The number of hydrogen-bond donors (Lipinski definition) is 2. The molecule has 1 saturated carbocycles. The van der Waals surface area contributed by atoms with Gasteiger partial charge >= 0.3 is 6.18 Å². The van der Waals surface area contributed by atoms with Crippen LogP contribution >= 0.6 is 0 Å². The van der Waals surface area contributed by atoms with Crippen LogP contribution in [-0.2, 0) is 0 Å². The molecule has 1 aromatic rings. The zero-order chi connectivity index (χ0) is 13.0. The molecule has 0 bridgehead atoms. The van der Waals surface area contributed by atoms with Crippen molar-refractivity contribution >= 4 is 0 Å². The first-order valence-electron chi connectivity index (χ1n) is 6.12. The lowest BCUT2D eigenvalue weighted by atomic mass is 10.1. The van der Waals surface area contributed by atoms with Crippen molar-refractivity contribution in [3.05, 3.63) is 35.9 Å². The maximum atomic E-state index is 11.9. The molecule has 2 unspecified atom stereocenters. The van der Waals surface area contributed by atoms with E-state index in [1.54, 1.807) is 0 Å². The summed E-state index contributed by atoms with van der Waals surface area (Å²) >= 11 is 0. The van der Waals surface area contributed by atoms with E-state index in [1.807, 2.05) is 18.2 Å². The minimum absolute atomic E-state index is 0.345. The third kappa shape index (κ3) is 4.31. The van der Waals surface area contributed by atoms with E-state index in [0.717, 1.165) is 6.42 Å². The lowest BCUT2D eigenvalue weighted by Gasteiger charge is -2.08. The molecular weight excluding hydrogens is 241 g/mol. The van der Waals surface area contributed by atoms with Gasteiger partial charge in [-0.3, -0.25) is 0 Å². The maximum absolute atomic E-state index is 11.9. The van der Waals surface area contributed by atoms with E-state index in [-0.39, 0.29) is 0 Å². The zero-order valence-corrected chi connectivity index (χ0v) is 10.0. The molecule has 2 rings (SSSR count). The van der Waals surface area contributed by atoms with E-state index >= 15 is 0 Å². The molecule has 0 radical (unpaired) electrons. The second kappa shape index (κ2) is 5.71. The molecule has 1 fully saturated rings. The number of alkyl halides is 3. The molecule has 1 aliphatic rings. The minimum atomic E-state index is -4.12. The highest BCUT2D eigenvalue weighted by atomic mass is 19.4. The topological polar surface area (TPSA) is 24.1 Å². The Morgan fingerprint density at radius 2 is 1.83 bits per heavy atom. The van der Waals surface area contributed by atoms with Crippen LogP contribution in [0.5, 0.6) is 0 Å². The summed E-state index contributed by atoms with van der Waals surface area (Å²) in [5.41, 5.74) is 1.30. The molecule has 1 aromatic carbocycles. The molecule has 0 saturated heterocycles. The number of halogens is 3. The van der Waals surface area contributed by atoms with Crippen molar-refractivity contribution in [2.24, 2.45) is 0 Å². The predicted octanol–water partition coefficient (Wildman–Crippen LogP) is 2.28. The van der Waals surface area contributed by atoms with Gasteiger partial charge in [-0.05, 0) is 12.0 Å². The van der Waals surface area contributed by atoms with Gasteiger partial charge in [0.1, 0.15) is 0 Å². The standard InChI is InChI=1S/C13H17F3N2/c14-13(15,16)9-17-6-7-18-12-8-11(12)10-4-2-1-3-5-10/h1-5,11-12,17-18H,6-9H2. The smallest absolute Gasteiger partial charge is 0.312 e. The molecule has 2 atom stereocenters. The average Bonchev–Trinajstić information content (AvgIpc) is 3.08. The highest BCUT2D eigenvalue weighted by molar-refractivity contribution is 5.27. The quantitative estimate of drug-likeness (QED) is 0.765. The second-order valence-corrected chi connectivity index (χ2v) is 4.61. The Kier molecular flexibility index (Phi) is 4.24. The monoisotopic (exact) mass is 258 g/mol. The highest BCUT2D eigenvalue weighted by Gasteiger charge is 2.37. The van der Waals surface area contributed by atoms with Crippen LogP contribution < -0.4 is 10.6 Å². The van der Waals surface area contributed by atoms with Gasteiger partial charge in [-0.2, -0.15) is 13.2 Å². The van der Waals surface area contributed by atoms with E-state index in [9.17, 15) is 13.2 Å². The lowest BCUT2D eigenvalue weighted by molar-refractivity contribution is -0.124. The Balaban J connectivity index is 1.58. The Labute approximate surface area is 105 Å². The fourth-order valence-electron chi connectivity index (χ4n) is 2.07. The van der Waals surface area contributed by atoms with Crippen LogP contribution in [0, 0.1) is 0 Å². The first-order chi connectivity index (χ1) is 8.56. The van der Waals surface area contributed by atoms with Gasteiger partial charge in [-0.25, -0.2) is 0 Å². The van der Waals surface area contributed by atoms with E-state index < -0.39 is 12.7 Å². The van der Waals surface area contributed by atoms with E-state index in [1.165, 1.54) is 5.56 Å². The van der Waals surface area contributed by atoms with E-state index in [2.05, 4.69) is 22.8 Å². The molecule has 0 spiro atoms. The fraction of sp³-hybridized carbons (Fsp3) is 0.538. The van der Waals surface area contributed by atoms with Crippen LogP contribution in [0.25, 0.3) is 0 Å². The largest absolute Gasteiger partial charge is 0.401 e. The summed E-state index contributed by atoms with van der Waals surface area (Å²) in [5.74, 6) is 0.522. The van der Waals surface area contributed by atoms with Crippen molar-refractivity contribution in [2.45, 2.75) is 24.6 Å². The summed E-state index contributed by atoms with van der Waals surface area (Å²) in [4.78, 5) is 0. The van der Waals surface area contributed by atoms with Gasteiger partial charge < -0.3 is 10.6 Å². The van der Waals surface area contributed by atoms with Crippen LogP contribution in [0.3, 0.4) is 0 Å². The zero-order valence-electron chi connectivity index (χ0n) is 10.0. The fourth-order valence-corrected chi connectivity index (χ4v) is 2.07. The van der Waals surface area contributed by atoms with Gasteiger partial charge in [0.05, 0.1) is 6.54 Å². The third-order valence-corrected chi connectivity index (χ3v) is 3.05. The molecule has 2 N–H and O–H groups in total. The molecule has 2 nitrogen and oxygen atoms in total. The summed E-state index contributed by atoms with van der Waals surface area (Å²) in [5, 5.41) is 5.64. The Hall–Kier alpha value is -1.07. The van der Waals surface area contributed by atoms with Crippen molar-refractivity contribution in [3.63, 3.8) is 0 Å². The van der Waals surface area contributed by atoms with Crippen LogP contribution in [-0.4, -0.2) is 31.9 Å². The van der Waals surface area contributed by atoms with Crippen LogP contribution in [0.15, 0.2) is 30.3 Å². The molecule has 0 aromatic heterocycles. The summed E-state index contributed by atoms with van der Waals surface area (Å²) in [6.07, 6.45) is -3.05. The van der Waals surface area contributed by atoms with Crippen molar-refractivity contribution in [1.29, 1.82) is 0 Å². The first kappa shape index (κ1) is 13.4. The molecular formula is C13H17F3N2. The molecule has 100 valence electrons. The number of benzene rings is 1. The summed E-state index contributed by atoms with van der Waals surface area (Å²) in [6.45, 7) is 0.00304. The van der Waals surface area contributed by atoms with Crippen LogP contribution in [0.1, 0.15) is 17.9 Å². The van der Waals surface area contributed by atoms with Crippen molar-refractivity contribution in [3.8, 4) is 0 Å². The SMILES string of the molecule is FC(F)(F)CNCCNC1CC1c1ccccc1. The van der Waals surface area contributed by atoms with Gasteiger partial charge in [0, 0.05) is 25.0 Å². The summed E-state index contributed by atoms with van der Waals surface area (Å²) in [7, 11) is 0. The predicted molar refractivity (Wildman–Crippen MR) is 64.5 cm³/mol. The van der Waals surface area contributed by atoms with Crippen LogP contribution in [0.4, 0.5) is 13.2 Å². The number of hydrogen-bond acceptors (Lipinski definition) is 2. The van der Waals surface area contributed by atoms with Gasteiger partial charge in [0.2, 0.25) is 0 Å². The highest BCUT2D eigenvalue weighted by Crippen LogP contribution is 2.40. The van der Waals surface area contributed by atoms with Crippen LogP contribution in [0.2, 0.25) is 0 Å². The van der Waals surface area contributed by atoms with E-state index in [0.29, 0.717) is 25.0 Å². The Bertz CT molecular complexity index is 364. The summed E-state index contributed by atoms with van der Waals surface area (Å²) in [6, 6.07) is 10.6. The van der Waals surface area contributed by atoms with Crippen molar-refractivity contribution in [2.75, 3.05) is 19.6 Å². The Morgan fingerprint density at radius 1 is 1.11 bits per heavy atom. The molecule has 0 amide bonds. The van der Waals surface area contributed by atoms with Crippen molar-refractivity contribution < 1.29 is 13.2 Å². The lowest BCUT2D eigenvalue weighted by Crippen LogP contribution is -2.35. The number of nitrogens with one attached hydrogen (secondary N) is 2. The average molecular weight is 258 g/mol. The molecule has 18 heavy (non-hydrogen) atoms. The normalized spacial score (nSPS) is 23.1. The van der Waals surface area contributed by atoms with Gasteiger partial charge in [-0.15, -0.1) is 0 Å². The molecule has 0 heterocycles. The Morgan fingerprint density at radius 3 is 2.50 bits per heavy atom. The van der Waals surface area contributed by atoms with Gasteiger partial charge in [0.25, 0.3) is 0 Å². The van der Waals surface area contributed by atoms with E-state index in [4.69, 9.17) is 0 Å². The first-order valence-corrected chi connectivity index (χ1v) is 6.12. The maximum Gasteiger partial charge on any atom is 0.401 e. The second-order valence-electron chi connectivity index (χ2n) is 4.61. The van der Waals surface area contributed by atoms with Crippen molar-refractivity contribution in [1.82, 2.24) is 10.6 Å². The van der Waals surface area contributed by atoms with Gasteiger partial charge in [-0.1, -0.05) is 30.3 Å². The minimum Gasteiger partial charge on any atom is -0.312 e. The number of rotatable bonds is 6. The third-order valence-electron chi connectivity index (χ3n) is 3.05. The summed E-state index contributed by atoms with van der Waals surface area (Å²) < 4.78 is 35.6.